The zero-order chi connectivity index (χ0) is 17.9. The van der Waals surface area contributed by atoms with Crippen LogP contribution in [0.3, 0.4) is 0 Å². The molecule has 0 saturated heterocycles. The third-order valence-electron chi connectivity index (χ3n) is 4.45. The van der Waals surface area contributed by atoms with Crippen LogP contribution in [0.15, 0.2) is 49.1 Å². The largest absolute Gasteiger partial charge is 0.390 e. The van der Waals surface area contributed by atoms with E-state index in [2.05, 4.69) is 38.6 Å². The Hall–Kier alpha value is -2.40. The van der Waals surface area contributed by atoms with Crippen LogP contribution < -0.4 is 0 Å². The summed E-state index contributed by atoms with van der Waals surface area (Å²) in [5.74, 6) is 0.825. The summed E-state index contributed by atoms with van der Waals surface area (Å²) in [5.41, 5.74) is 2.40. The number of nitrogens with zero attached hydrogens (tertiary/aromatic N) is 3. The maximum Gasteiger partial charge on any atom is 0.156 e. The molecular formula is C20H26N4O. The van der Waals surface area contributed by atoms with E-state index in [1.54, 1.807) is 6.20 Å². The molecular weight excluding hydrogens is 312 g/mol. The molecule has 3 rings (SSSR count). The lowest BCUT2D eigenvalue weighted by Gasteiger charge is -2.20. The summed E-state index contributed by atoms with van der Waals surface area (Å²) >= 11 is 0. The maximum atomic E-state index is 9.92. The summed E-state index contributed by atoms with van der Waals surface area (Å²) in [6, 6.07) is 10.5. The maximum absolute atomic E-state index is 9.92. The van der Waals surface area contributed by atoms with Crippen LogP contribution in [-0.4, -0.2) is 30.2 Å². The van der Waals surface area contributed by atoms with Crippen molar-refractivity contribution in [2.24, 2.45) is 0 Å². The van der Waals surface area contributed by atoms with E-state index < -0.39 is 5.60 Å². The van der Waals surface area contributed by atoms with E-state index in [0.717, 1.165) is 42.0 Å². The standard InChI is InChI=1S/C20H26N4O/c1-15(8-7-11-20(2,3)25)24-14-23-17(16-9-5-4-6-10-16)18(24)19-21-12-13-22-19/h4-6,9-10,12-15,25H,7-8,11H2,1-3H3,(H,21,22)/t15-/m0/s1. The number of hydrogen-bond acceptors (Lipinski definition) is 3. The lowest BCUT2D eigenvalue weighted by molar-refractivity contribution is 0.0672. The number of benzene rings is 1. The molecule has 5 nitrogen and oxygen atoms in total. The van der Waals surface area contributed by atoms with Crippen molar-refractivity contribution in [3.63, 3.8) is 0 Å². The highest BCUT2D eigenvalue weighted by molar-refractivity contribution is 5.75. The molecule has 2 N–H and O–H groups in total. The van der Waals surface area contributed by atoms with Crippen LogP contribution in [-0.2, 0) is 0 Å². The third-order valence-corrected chi connectivity index (χ3v) is 4.45. The molecule has 0 spiro atoms. The number of rotatable bonds is 7. The second kappa shape index (κ2) is 7.23. The molecule has 1 aromatic carbocycles. The van der Waals surface area contributed by atoms with Crippen LogP contribution >= 0.6 is 0 Å². The normalized spacial score (nSPS) is 13.1. The Balaban J connectivity index is 1.91. The Morgan fingerprint density at radius 1 is 1.20 bits per heavy atom. The average Bonchev–Trinajstić information content (AvgIpc) is 3.23. The number of nitrogens with one attached hydrogen (secondary N) is 1. The van der Waals surface area contributed by atoms with Gasteiger partial charge < -0.3 is 14.7 Å². The van der Waals surface area contributed by atoms with Gasteiger partial charge in [0, 0.05) is 24.0 Å². The second-order valence-corrected chi connectivity index (χ2v) is 7.21. The highest BCUT2D eigenvalue weighted by atomic mass is 16.3. The predicted molar refractivity (Wildman–Crippen MR) is 100 cm³/mol. The van der Waals surface area contributed by atoms with Crippen LogP contribution in [0.1, 0.15) is 46.1 Å². The SMILES string of the molecule is C[C@@H](CCCC(C)(C)O)n1cnc(-c2ccccc2)c1-c1ncc[nH]1. The third kappa shape index (κ3) is 4.17. The minimum absolute atomic E-state index is 0.271. The first kappa shape index (κ1) is 17.4. The quantitative estimate of drug-likeness (QED) is 0.669. The smallest absolute Gasteiger partial charge is 0.156 e. The summed E-state index contributed by atoms with van der Waals surface area (Å²) < 4.78 is 2.19. The number of aromatic amines is 1. The van der Waals surface area contributed by atoms with Gasteiger partial charge in [-0.15, -0.1) is 0 Å². The Morgan fingerprint density at radius 3 is 2.60 bits per heavy atom. The van der Waals surface area contributed by atoms with Crippen molar-refractivity contribution in [2.75, 3.05) is 0 Å². The number of imidazole rings is 2. The highest BCUT2D eigenvalue weighted by Crippen LogP contribution is 2.32. The Labute approximate surface area is 148 Å². The summed E-state index contributed by atoms with van der Waals surface area (Å²) in [6.45, 7) is 5.90. The molecule has 0 unspecified atom stereocenters. The van der Waals surface area contributed by atoms with E-state index in [0.29, 0.717) is 0 Å². The van der Waals surface area contributed by atoms with Gasteiger partial charge in [-0.2, -0.15) is 0 Å². The van der Waals surface area contributed by atoms with Gasteiger partial charge in [0.15, 0.2) is 5.82 Å². The van der Waals surface area contributed by atoms with E-state index in [1.165, 1.54) is 0 Å². The van der Waals surface area contributed by atoms with Gasteiger partial charge in [0.25, 0.3) is 0 Å². The Bertz CT molecular complexity index is 785. The number of hydrogen-bond donors (Lipinski definition) is 2. The molecule has 25 heavy (non-hydrogen) atoms. The van der Waals surface area contributed by atoms with E-state index >= 15 is 0 Å². The lowest BCUT2D eigenvalue weighted by atomic mass is 9.99. The first-order chi connectivity index (χ1) is 12.0. The zero-order valence-corrected chi connectivity index (χ0v) is 15.1. The van der Waals surface area contributed by atoms with Crippen molar-refractivity contribution >= 4 is 0 Å². The van der Waals surface area contributed by atoms with E-state index in [4.69, 9.17) is 0 Å². The number of H-pyrrole nitrogens is 1. The van der Waals surface area contributed by atoms with Crippen molar-refractivity contribution < 1.29 is 5.11 Å². The van der Waals surface area contributed by atoms with Gasteiger partial charge >= 0.3 is 0 Å². The molecule has 5 heteroatoms. The second-order valence-electron chi connectivity index (χ2n) is 7.21. The molecule has 0 saturated carbocycles. The fraction of sp³-hybridized carbons (Fsp3) is 0.400. The van der Waals surface area contributed by atoms with Crippen molar-refractivity contribution in [3.05, 3.63) is 49.1 Å². The molecule has 0 aliphatic heterocycles. The zero-order valence-electron chi connectivity index (χ0n) is 15.1. The molecule has 3 aromatic rings. The van der Waals surface area contributed by atoms with Crippen LogP contribution in [0.25, 0.3) is 22.8 Å². The summed E-state index contributed by atoms with van der Waals surface area (Å²) in [5, 5.41) is 9.92. The van der Waals surface area contributed by atoms with Gasteiger partial charge in [-0.3, -0.25) is 0 Å². The monoisotopic (exact) mass is 338 g/mol. The molecule has 0 aliphatic carbocycles. The molecule has 2 aromatic heterocycles. The molecule has 0 amide bonds. The van der Waals surface area contributed by atoms with Crippen LogP contribution in [0.4, 0.5) is 0 Å². The minimum atomic E-state index is -0.617. The molecule has 2 heterocycles. The van der Waals surface area contributed by atoms with Crippen LogP contribution in [0.5, 0.6) is 0 Å². The summed E-state index contributed by atoms with van der Waals surface area (Å²) in [6.07, 6.45) is 8.22. The van der Waals surface area contributed by atoms with Crippen molar-refractivity contribution in [1.29, 1.82) is 0 Å². The fourth-order valence-corrected chi connectivity index (χ4v) is 3.10. The van der Waals surface area contributed by atoms with Crippen molar-refractivity contribution in [1.82, 2.24) is 19.5 Å². The lowest BCUT2D eigenvalue weighted by Crippen LogP contribution is -2.18. The van der Waals surface area contributed by atoms with E-state index in [1.807, 2.05) is 44.6 Å². The van der Waals surface area contributed by atoms with Gasteiger partial charge in [0.05, 0.1) is 17.6 Å². The van der Waals surface area contributed by atoms with E-state index in [9.17, 15) is 5.11 Å². The first-order valence-corrected chi connectivity index (χ1v) is 8.80. The van der Waals surface area contributed by atoms with Gasteiger partial charge in [0.1, 0.15) is 5.69 Å². The fourth-order valence-electron chi connectivity index (χ4n) is 3.10. The first-order valence-electron chi connectivity index (χ1n) is 8.80. The Kier molecular flexibility index (Phi) is 5.04. The molecule has 0 radical (unpaired) electrons. The van der Waals surface area contributed by atoms with Crippen molar-refractivity contribution in [3.8, 4) is 22.8 Å². The van der Waals surface area contributed by atoms with E-state index in [-0.39, 0.29) is 6.04 Å². The number of aromatic nitrogens is 4. The summed E-state index contributed by atoms with van der Waals surface area (Å²) in [7, 11) is 0. The average molecular weight is 338 g/mol. The van der Waals surface area contributed by atoms with Gasteiger partial charge in [-0.05, 0) is 40.0 Å². The Morgan fingerprint density at radius 2 is 1.96 bits per heavy atom. The van der Waals surface area contributed by atoms with Crippen molar-refractivity contribution in [2.45, 2.75) is 51.7 Å². The van der Waals surface area contributed by atoms with Crippen LogP contribution in [0, 0.1) is 0 Å². The highest BCUT2D eigenvalue weighted by Gasteiger charge is 2.20. The van der Waals surface area contributed by atoms with Gasteiger partial charge in [-0.25, -0.2) is 9.97 Å². The molecule has 0 aliphatic rings. The van der Waals surface area contributed by atoms with Gasteiger partial charge in [-0.1, -0.05) is 30.3 Å². The number of aliphatic hydroxyl groups is 1. The molecule has 0 fully saturated rings. The molecule has 1 atom stereocenters. The minimum Gasteiger partial charge on any atom is -0.390 e. The summed E-state index contributed by atoms with van der Waals surface area (Å²) in [4.78, 5) is 12.3. The van der Waals surface area contributed by atoms with Gasteiger partial charge in [0.2, 0.25) is 0 Å². The topological polar surface area (TPSA) is 66.7 Å². The predicted octanol–water partition coefficient (Wildman–Crippen LogP) is 4.44. The van der Waals surface area contributed by atoms with Crippen LogP contribution in [0.2, 0.25) is 0 Å². The molecule has 132 valence electrons. The molecule has 0 bridgehead atoms.